The molecule has 0 fully saturated rings. The van der Waals surface area contributed by atoms with Crippen LogP contribution in [0.3, 0.4) is 0 Å². The predicted octanol–water partition coefficient (Wildman–Crippen LogP) is 4.82. The zero-order valence-electron chi connectivity index (χ0n) is 16.1. The molecule has 8 nitrogen and oxygen atoms in total. The number of hydrogen-bond donors (Lipinski definition) is 2. The van der Waals surface area contributed by atoms with Crippen molar-refractivity contribution in [2.75, 3.05) is 12.4 Å². The molecular weight excluding hydrogens is 568 g/mol. The van der Waals surface area contributed by atoms with E-state index in [1.54, 1.807) is 16.6 Å². The zero-order valence-corrected chi connectivity index (χ0v) is 20.9. The smallest absolute Gasteiger partial charge is 0.261 e. The summed E-state index contributed by atoms with van der Waals surface area (Å²) in [5, 5.41) is 19.3. The van der Waals surface area contributed by atoms with E-state index in [2.05, 4.69) is 57.8 Å². The molecule has 0 saturated heterocycles. The standard InChI is InChI=1S/C19H14Br2N6O2S2/c1-9-24-25-19-27(9)26-17(31-19)10-3-5-12(6-4-10)22-18(30)23-16(28)13-7-11(20)8-14(21)15(13)29-2/h3-8H,1-2H3,(H2,22,23,28,30). The first-order chi connectivity index (χ1) is 14.9. The molecular formula is C19H14Br2N6O2S2. The number of methoxy groups -OCH3 is 1. The number of carbonyl (C=O) groups is 1. The number of benzene rings is 2. The summed E-state index contributed by atoms with van der Waals surface area (Å²) in [5.74, 6) is 0.780. The summed E-state index contributed by atoms with van der Waals surface area (Å²) in [4.78, 5) is 13.4. The van der Waals surface area contributed by atoms with Crippen molar-refractivity contribution in [2.45, 2.75) is 6.92 Å². The largest absolute Gasteiger partial charge is 0.495 e. The molecule has 4 rings (SSSR count). The minimum atomic E-state index is -0.386. The summed E-state index contributed by atoms with van der Waals surface area (Å²) < 4.78 is 8.43. The number of ether oxygens (including phenoxy) is 1. The second kappa shape index (κ2) is 8.99. The van der Waals surface area contributed by atoms with E-state index in [0.717, 1.165) is 31.5 Å². The Bertz CT molecular complexity index is 1300. The Kier molecular flexibility index (Phi) is 6.32. The molecule has 1 amide bonds. The van der Waals surface area contributed by atoms with E-state index >= 15 is 0 Å². The van der Waals surface area contributed by atoms with E-state index in [4.69, 9.17) is 17.0 Å². The molecule has 0 aliphatic rings. The van der Waals surface area contributed by atoms with E-state index in [9.17, 15) is 4.79 Å². The lowest BCUT2D eigenvalue weighted by Gasteiger charge is -2.13. The lowest BCUT2D eigenvalue weighted by molar-refractivity contribution is 0.0974. The highest BCUT2D eigenvalue weighted by atomic mass is 79.9. The molecule has 0 radical (unpaired) electrons. The minimum absolute atomic E-state index is 0.172. The summed E-state index contributed by atoms with van der Waals surface area (Å²) in [7, 11) is 1.50. The Morgan fingerprint density at radius 2 is 1.94 bits per heavy atom. The van der Waals surface area contributed by atoms with E-state index in [1.165, 1.54) is 18.4 Å². The van der Waals surface area contributed by atoms with Crippen molar-refractivity contribution in [3.05, 3.63) is 56.7 Å². The van der Waals surface area contributed by atoms with Crippen molar-refractivity contribution in [2.24, 2.45) is 0 Å². The molecule has 4 aromatic rings. The predicted molar refractivity (Wildman–Crippen MR) is 131 cm³/mol. The highest BCUT2D eigenvalue weighted by Crippen LogP contribution is 2.32. The SMILES string of the molecule is COc1c(Br)cc(Br)cc1C(=O)NC(=S)Nc1ccc(-c2nn3c(C)nnc3s2)cc1. The molecule has 158 valence electrons. The van der Waals surface area contributed by atoms with Crippen LogP contribution in [0.5, 0.6) is 5.75 Å². The van der Waals surface area contributed by atoms with Crippen molar-refractivity contribution in [3.63, 3.8) is 0 Å². The third-order valence-corrected chi connectivity index (χ3v) is 6.42. The number of aromatic nitrogens is 4. The van der Waals surface area contributed by atoms with Crippen LogP contribution in [0.25, 0.3) is 15.5 Å². The monoisotopic (exact) mass is 580 g/mol. The van der Waals surface area contributed by atoms with Gasteiger partial charge in [0.05, 0.1) is 17.1 Å². The summed E-state index contributed by atoms with van der Waals surface area (Å²) >= 11 is 13.5. The highest BCUT2D eigenvalue weighted by Gasteiger charge is 2.17. The number of anilines is 1. The number of amides is 1. The van der Waals surface area contributed by atoms with Crippen molar-refractivity contribution in [1.29, 1.82) is 0 Å². The number of rotatable bonds is 4. The third kappa shape index (κ3) is 4.61. The lowest BCUT2D eigenvalue weighted by Crippen LogP contribution is -2.34. The number of carbonyl (C=O) groups excluding carboxylic acids is 1. The zero-order chi connectivity index (χ0) is 22.1. The van der Waals surface area contributed by atoms with Crippen molar-refractivity contribution in [1.82, 2.24) is 25.1 Å². The molecule has 2 aromatic carbocycles. The molecule has 0 bridgehead atoms. The Labute approximate surface area is 203 Å². The van der Waals surface area contributed by atoms with E-state index in [1.807, 2.05) is 31.2 Å². The first-order valence-electron chi connectivity index (χ1n) is 8.80. The summed E-state index contributed by atoms with van der Waals surface area (Å²) in [6.45, 7) is 1.86. The second-order valence-corrected chi connectivity index (χ2v) is 9.44. The van der Waals surface area contributed by atoms with Crippen LogP contribution in [0, 0.1) is 6.92 Å². The molecule has 0 atom stereocenters. The number of nitrogens with one attached hydrogen (secondary N) is 2. The molecule has 0 unspecified atom stereocenters. The van der Waals surface area contributed by atoms with Crippen LogP contribution in [0.2, 0.25) is 0 Å². The highest BCUT2D eigenvalue weighted by molar-refractivity contribution is 9.11. The van der Waals surface area contributed by atoms with Gasteiger partial charge in [0.2, 0.25) is 4.96 Å². The fourth-order valence-electron chi connectivity index (χ4n) is 2.80. The Morgan fingerprint density at radius 3 is 2.61 bits per heavy atom. The van der Waals surface area contributed by atoms with Gasteiger partial charge in [0.15, 0.2) is 10.9 Å². The normalized spacial score (nSPS) is 10.8. The fraction of sp³-hybridized carbons (Fsp3) is 0.105. The second-order valence-electron chi connectivity index (χ2n) is 6.30. The summed E-state index contributed by atoms with van der Waals surface area (Å²) in [5.41, 5.74) is 2.02. The van der Waals surface area contributed by atoms with Gasteiger partial charge in [-0.1, -0.05) is 27.3 Å². The van der Waals surface area contributed by atoms with E-state index in [0.29, 0.717) is 15.8 Å². The molecule has 2 N–H and O–H groups in total. The molecule has 0 aliphatic heterocycles. The first kappa shape index (κ1) is 21.8. The molecule has 31 heavy (non-hydrogen) atoms. The van der Waals surface area contributed by atoms with Crippen LogP contribution in [0.15, 0.2) is 45.3 Å². The van der Waals surface area contributed by atoms with Crippen LogP contribution in [0.1, 0.15) is 16.2 Å². The van der Waals surface area contributed by atoms with Crippen LogP contribution in [-0.4, -0.2) is 37.9 Å². The van der Waals surface area contributed by atoms with Gasteiger partial charge in [-0.2, -0.15) is 9.61 Å². The average molecular weight is 582 g/mol. The van der Waals surface area contributed by atoms with Gasteiger partial charge in [0.1, 0.15) is 10.8 Å². The Morgan fingerprint density at radius 1 is 1.19 bits per heavy atom. The molecule has 12 heteroatoms. The minimum Gasteiger partial charge on any atom is -0.495 e. The maximum atomic E-state index is 12.7. The Balaban J connectivity index is 1.45. The van der Waals surface area contributed by atoms with Crippen LogP contribution in [-0.2, 0) is 0 Å². The van der Waals surface area contributed by atoms with Gasteiger partial charge in [-0.25, -0.2) is 0 Å². The van der Waals surface area contributed by atoms with Gasteiger partial charge < -0.3 is 10.1 Å². The maximum Gasteiger partial charge on any atom is 0.261 e. The molecule has 0 spiro atoms. The third-order valence-electron chi connectivity index (χ3n) is 4.22. The maximum absolute atomic E-state index is 12.7. The number of nitrogens with zero attached hydrogens (tertiary/aromatic N) is 4. The van der Waals surface area contributed by atoms with Crippen molar-refractivity contribution >= 4 is 77.1 Å². The van der Waals surface area contributed by atoms with Gasteiger partial charge in [-0.3, -0.25) is 10.1 Å². The molecule has 2 aromatic heterocycles. The van der Waals surface area contributed by atoms with Crippen molar-refractivity contribution in [3.8, 4) is 16.3 Å². The number of thiocarbonyl (C=S) groups is 1. The van der Waals surface area contributed by atoms with Gasteiger partial charge >= 0.3 is 0 Å². The number of aryl methyl sites for hydroxylation is 1. The fourth-order valence-corrected chi connectivity index (χ4v) is 5.28. The van der Waals surface area contributed by atoms with E-state index in [-0.39, 0.29) is 11.0 Å². The van der Waals surface area contributed by atoms with Gasteiger partial charge in [-0.05, 0) is 71.5 Å². The van der Waals surface area contributed by atoms with Gasteiger partial charge in [-0.15, -0.1) is 10.2 Å². The van der Waals surface area contributed by atoms with Gasteiger partial charge in [0, 0.05) is 15.7 Å². The van der Waals surface area contributed by atoms with Crippen LogP contribution in [0.4, 0.5) is 5.69 Å². The summed E-state index contributed by atoms with van der Waals surface area (Å²) in [6, 6.07) is 11.0. The lowest BCUT2D eigenvalue weighted by atomic mass is 10.2. The van der Waals surface area contributed by atoms with E-state index < -0.39 is 0 Å². The first-order valence-corrected chi connectivity index (χ1v) is 11.6. The molecule has 0 saturated carbocycles. The quantitative estimate of drug-likeness (QED) is 0.334. The number of fused-ring (bicyclic) bond motifs is 1. The Hall–Kier alpha value is -2.41. The number of halogens is 2. The van der Waals surface area contributed by atoms with Gasteiger partial charge in [0.25, 0.3) is 5.91 Å². The van der Waals surface area contributed by atoms with Crippen LogP contribution < -0.4 is 15.4 Å². The summed E-state index contributed by atoms with van der Waals surface area (Å²) in [6.07, 6.45) is 0. The average Bonchev–Trinajstić information content (AvgIpc) is 3.30. The van der Waals surface area contributed by atoms with Crippen molar-refractivity contribution < 1.29 is 9.53 Å². The molecule has 0 aliphatic carbocycles. The van der Waals surface area contributed by atoms with Crippen LogP contribution >= 0.6 is 55.4 Å². The topological polar surface area (TPSA) is 93.4 Å². The number of hydrogen-bond acceptors (Lipinski definition) is 7. The molecule has 2 heterocycles.